The lowest BCUT2D eigenvalue weighted by Gasteiger charge is -2.22. The maximum absolute atomic E-state index is 5.65. The number of hydrogen-bond acceptors (Lipinski definition) is 2. The van der Waals surface area contributed by atoms with E-state index in [2.05, 4.69) is 220 Å². The molecule has 0 unspecified atom stereocenters. The molecule has 0 aromatic heterocycles. The molecule has 1 aliphatic carbocycles. The molecule has 12 rings (SSSR count). The Morgan fingerprint density at radius 1 is 0.381 bits per heavy atom. The van der Waals surface area contributed by atoms with Crippen molar-refractivity contribution in [1.29, 1.82) is 0 Å². The molecule has 0 amide bonds. The summed E-state index contributed by atoms with van der Waals surface area (Å²) < 4.78 is 0. The fourth-order valence-corrected chi connectivity index (χ4v) is 10.3. The summed E-state index contributed by atoms with van der Waals surface area (Å²) in [6, 6.07) is 73.2. The zero-order chi connectivity index (χ0) is 42.1. The molecule has 2 heteroatoms. The summed E-state index contributed by atoms with van der Waals surface area (Å²) in [5.74, 6) is 0.735. The number of rotatable bonds is 5. The summed E-state index contributed by atoms with van der Waals surface area (Å²) in [6.07, 6.45) is 3.95. The van der Waals surface area contributed by atoms with Gasteiger partial charge in [-0.05, 0) is 130 Å². The van der Waals surface area contributed by atoms with Crippen LogP contribution >= 0.6 is 0 Å². The van der Waals surface area contributed by atoms with E-state index < -0.39 is 0 Å². The average Bonchev–Trinajstić information content (AvgIpc) is 3.56. The van der Waals surface area contributed by atoms with Gasteiger partial charge in [0, 0.05) is 11.0 Å². The van der Waals surface area contributed by atoms with Crippen molar-refractivity contribution in [1.82, 2.24) is 0 Å². The molecule has 0 spiro atoms. The normalized spacial score (nSPS) is 17.0. The number of fused-ring (bicyclic) bond motifs is 9. The van der Waals surface area contributed by atoms with Crippen LogP contribution in [-0.2, 0) is 5.41 Å². The highest BCUT2D eigenvalue weighted by atomic mass is 14.9. The van der Waals surface area contributed by atoms with Crippen LogP contribution in [0.15, 0.2) is 216 Å². The molecule has 0 atom stereocenters. The first-order chi connectivity index (χ1) is 31.0. The molecule has 2 aliphatic rings. The van der Waals surface area contributed by atoms with Gasteiger partial charge in [0.05, 0.1) is 11.4 Å². The van der Waals surface area contributed by atoms with Crippen LogP contribution in [-0.4, -0.2) is 11.5 Å². The first-order valence-corrected chi connectivity index (χ1v) is 22.1. The predicted molar refractivity (Wildman–Crippen MR) is 268 cm³/mol. The van der Waals surface area contributed by atoms with Crippen LogP contribution in [0, 0.1) is 0 Å². The van der Waals surface area contributed by atoms with Gasteiger partial charge in [-0.3, -0.25) is 0 Å². The lowest BCUT2D eigenvalue weighted by molar-refractivity contribution is 0.660. The SMILES string of the molecule is CC1(C)c2ccccc2-c2ccc(/C3=N/C(c4cc5ccccc5c5c4ccc4c(-c6ccc(-c7ccc8ccccc8c7)cc6)cccc45)=N\C(c4ccccc4)=C/CC3)cc21. The number of amidine groups is 1. The zero-order valence-corrected chi connectivity index (χ0v) is 35.4. The largest absolute Gasteiger partial charge is 0.232 e. The predicted octanol–water partition coefficient (Wildman–Crippen LogP) is 16.0. The molecule has 1 heterocycles. The molecule has 63 heavy (non-hydrogen) atoms. The Labute approximate surface area is 368 Å². The van der Waals surface area contributed by atoms with Gasteiger partial charge in [-0.15, -0.1) is 0 Å². The van der Waals surface area contributed by atoms with Gasteiger partial charge in [-0.1, -0.05) is 202 Å². The van der Waals surface area contributed by atoms with Crippen LogP contribution in [0.25, 0.3) is 82.2 Å². The third kappa shape index (κ3) is 6.24. The van der Waals surface area contributed by atoms with Crippen LogP contribution in [0.4, 0.5) is 0 Å². The van der Waals surface area contributed by atoms with Crippen molar-refractivity contribution in [3.05, 3.63) is 234 Å². The number of aliphatic imine (C=N–C) groups is 2. The van der Waals surface area contributed by atoms with E-state index in [1.165, 1.54) is 82.2 Å². The lowest BCUT2D eigenvalue weighted by atomic mass is 9.81. The second kappa shape index (κ2) is 14.8. The number of allylic oxidation sites excluding steroid dienone is 1. The maximum Gasteiger partial charge on any atom is 0.160 e. The van der Waals surface area contributed by atoms with E-state index in [-0.39, 0.29) is 5.41 Å². The summed E-state index contributed by atoms with van der Waals surface area (Å²) in [6.45, 7) is 4.70. The van der Waals surface area contributed by atoms with Crippen molar-refractivity contribution in [3.8, 4) is 33.4 Å². The fraction of sp³-hybridized carbons (Fsp3) is 0.0820. The molecular weight excluding hydrogens is 761 g/mol. The van der Waals surface area contributed by atoms with E-state index in [0.29, 0.717) is 0 Å². The summed E-state index contributed by atoms with van der Waals surface area (Å²) in [5.41, 5.74) is 15.4. The van der Waals surface area contributed by atoms with E-state index in [0.717, 1.165) is 52.2 Å². The van der Waals surface area contributed by atoms with E-state index in [1.54, 1.807) is 0 Å². The molecule has 10 aromatic rings. The third-order valence-corrected chi connectivity index (χ3v) is 13.6. The summed E-state index contributed by atoms with van der Waals surface area (Å²) in [4.78, 5) is 11.2. The Morgan fingerprint density at radius 2 is 1.05 bits per heavy atom. The number of benzene rings is 10. The highest BCUT2D eigenvalue weighted by Gasteiger charge is 2.35. The molecular formula is C61H44N2. The standard InChI is InChI=1S/C61H44N2/c1-61(2)55-23-11-10-20-50(55)51-33-32-46(38-56(51)61)58-25-13-24-57(42-15-4-3-5-16-42)62-60(63-58)54-37-45-18-8-9-19-48(45)59-52-22-12-21-47(49(52)34-35-53(54)59)41-29-26-40(27-30-41)44-31-28-39-14-6-7-17-43(39)36-44/h3-12,14-24,26-38H,13,25H2,1-2H3/b57-24-,62-60-,63-58+. The van der Waals surface area contributed by atoms with Crippen molar-refractivity contribution in [3.63, 3.8) is 0 Å². The summed E-state index contributed by atoms with van der Waals surface area (Å²) in [7, 11) is 0. The third-order valence-electron chi connectivity index (χ3n) is 13.6. The lowest BCUT2D eigenvalue weighted by Crippen LogP contribution is -2.16. The minimum Gasteiger partial charge on any atom is -0.232 e. The van der Waals surface area contributed by atoms with E-state index in [1.807, 2.05) is 0 Å². The van der Waals surface area contributed by atoms with Crippen LogP contribution in [0.1, 0.15) is 54.5 Å². The minimum absolute atomic E-state index is 0.102. The van der Waals surface area contributed by atoms with E-state index >= 15 is 0 Å². The van der Waals surface area contributed by atoms with Gasteiger partial charge >= 0.3 is 0 Å². The molecule has 298 valence electrons. The molecule has 2 nitrogen and oxygen atoms in total. The fourth-order valence-electron chi connectivity index (χ4n) is 10.3. The quantitative estimate of drug-likeness (QED) is 0.155. The van der Waals surface area contributed by atoms with Crippen LogP contribution in [0.5, 0.6) is 0 Å². The number of nitrogens with zero attached hydrogens (tertiary/aromatic N) is 2. The smallest absolute Gasteiger partial charge is 0.160 e. The van der Waals surface area contributed by atoms with Gasteiger partial charge in [0.2, 0.25) is 0 Å². The van der Waals surface area contributed by atoms with Crippen molar-refractivity contribution in [2.45, 2.75) is 32.1 Å². The average molecular weight is 805 g/mol. The summed E-state index contributed by atoms with van der Waals surface area (Å²) >= 11 is 0. The maximum atomic E-state index is 5.65. The van der Waals surface area contributed by atoms with Crippen LogP contribution in [0.3, 0.4) is 0 Å². The van der Waals surface area contributed by atoms with Gasteiger partial charge in [0.25, 0.3) is 0 Å². The second-order valence-electron chi connectivity index (χ2n) is 17.6. The zero-order valence-electron chi connectivity index (χ0n) is 35.4. The van der Waals surface area contributed by atoms with Gasteiger partial charge in [0.15, 0.2) is 5.84 Å². The topological polar surface area (TPSA) is 24.7 Å². The Hall–Kier alpha value is -7.68. The monoisotopic (exact) mass is 804 g/mol. The van der Waals surface area contributed by atoms with Crippen molar-refractivity contribution in [2.75, 3.05) is 0 Å². The molecule has 10 aromatic carbocycles. The Bertz CT molecular complexity index is 3570. The Balaban J connectivity index is 1.03. The summed E-state index contributed by atoms with van der Waals surface area (Å²) in [5, 5.41) is 9.71. The molecule has 1 aliphatic heterocycles. The van der Waals surface area contributed by atoms with Gasteiger partial charge in [-0.25, -0.2) is 9.98 Å². The highest BCUT2D eigenvalue weighted by Crippen LogP contribution is 2.49. The van der Waals surface area contributed by atoms with Crippen molar-refractivity contribution >= 4 is 60.3 Å². The molecule has 0 N–H and O–H groups in total. The molecule has 0 fully saturated rings. The first-order valence-electron chi connectivity index (χ1n) is 22.1. The second-order valence-corrected chi connectivity index (χ2v) is 17.6. The molecule has 0 saturated carbocycles. The van der Waals surface area contributed by atoms with Crippen molar-refractivity contribution < 1.29 is 0 Å². The van der Waals surface area contributed by atoms with Crippen molar-refractivity contribution in [2.24, 2.45) is 9.98 Å². The Morgan fingerprint density at radius 3 is 1.92 bits per heavy atom. The number of hydrogen-bond donors (Lipinski definition) is 0. The molecule has 0 radical (unpaired) electrons. The van der Waals surface area contributed by atoms with Gasteiger partial charge in [-0.2, -0.15) is 0 Å². The van der Waals surface area contributed by atoms with Crippen LogP contribution in [0.2, 0.25) is 0 Å². The van der Waals surface area contributed by atoms with Crippen LogP contribution < -0.4 is 0 Å². The first kappa shape index (κ1) is 37.1. The Kier molecular flexibility index (Phi) is 8.69. The molecule has 0 bridgehead atoms. The van der Waals surface area contributed by atoms with E-state index in [4.69, 9.17) is 9.98 Å². The highest BCUT2D eigenvalue weighted by molar-refractivity contribution is 6.29. The minimum atomic E-state index is -0.102. The molecule has 0 saturated heterocycles. The van der Waals surface area contributed by atoms with Gasteiger partial charge < -0.3 is 0 Å². The van der Waals surface area contributed by atoms with E-state index in [9.17, 15) is 0 Å². The van der Waals surface area contributed by atoms with Gasteiger partial charge in [0.1, 0.15) is 0 Å².